The smallest absolute Gasteiger partial charge is 0.316 e. The molecule has 1 fully saturated rings. The van der Waals surface area contributed by atoms with Crippen LogP contribution in [0.15, 0.2) is 30.5 Å². The van der Waals surface area contributed by atoms with Crippen LogP contribution >= 0.6 is 0 Å². The van der Waals surface area contributed by atoms with Crippen LogP contribution in [0.4, 0.5) is 0 Å². The Morgan fingerprint density at radius 3 is 2.56 bits per heavy atom. The summed E-state index contributed by atoms with van der Waals surface area (Å²) in [6, 6.07) is 6.97. The van der Waals surface area contributed by atoms with Crippen molar-refractivity contribution >= 4 is 17.7 Å². The van der Waals surface area contributed by atoms with Crippen LogP contribution in [0.3, 0.4) is 0 Å². The highest BCUT2D eigenvalue weighted by Crippen LogP contribution is 2.26. The van der Waals surface area contributed by atoms with Crippen molar-refractivity contribution in [1.82, 2.24) is 14.5 Å². The van der Waals surface area contributed by atoms with E-state index in [9.17, 15) is 9.59 Å². The molecule has 142 valence electrons. The number of imidazole rings is 1. The number of likely N-dealkylation sites (tertiary alicyclic amines) is 1. The standard InChI is InChI=1S/C18H21N5O4/c1-22-8-14(15(19)20)21-16(22)10-3-5-12(6-4-10)27-9-11-7-13(18(25)26)17(24)23(11)2/h3-6,8,11,13H,7,9H2,1-2H3,(H3,19,20)(H,25,26)/t11-,13-/m0/s1. The number of amidine groups is 1. The number of nitrogens with zero attached hydrogens (tertiary/aromatic N) is 3. The van der Waals surface area contributed by atoms with Crippen LogP contribution in [-0.4, -0.2) is 57.0 Å². The average Bonchev–Trinajstić information content (AvgIpc) is 3.15. The van der Waals surface area contributed by atoms with Gasteiger partial charge in [0.1, 0.15) is 35.6 Å². The number of hydrogen-bond donors (Lipinski definition) is 3. The van der Waals surface area contributed by atoms with E-state index >= 15 is 0 Å². The number of carbonyl (C=O) groups excluding carboxylic acids is 1. The quantitative estimate of drug-likeness (QED) is 0.388. The number of carboxylic acid groups (broad SMARTS) is 1. The molecule has 1 saturated heterocycles. The third-order valence-corrected chi connectivity index (χ3v) is 4.71. The average molecular weight is 371 g/mol. The van der Waals surface area contributed by atoms with Gasteiger partial charge in [0.05, 0.1) is 6.04 Å². The topological polar surface area (TPSA) is 135 Å². The Hall–Kier alpha value is -3.36. The summed E-state index contributed by atoms with van der Waals surface area (Å²) in [5.74, 6) is -1.28. The number of rotatable bonds is 6. The molecule has 1 aromatic carbocycles. The molecule has 3 rings (SSSR count). The molecule has 2 aromatic rings. The van der Waals surface area contributed by atoms with Gasteiger partial charge in [-0.25, -0.2) is 4.98 Å². The zero-order valence-electron chi connectivity index (χ0n) is 15.0. The molecule has 2 heterocycles. The first-order chi connectivity index (χ1) is 12.8. The highest BCUT2D eigenvalue weighted by Gasteiger charge is 2.41. The molecule has 4 N–H and O–H groups in total. The second-order valence-electron chi connectivity index (χ2n) is 6.54. The van der Waals surface area contributed by atoms with Crippen molar-refractivity contribution in [2.45, 2.75) is 12.5 Å². The van der Waals surface area contributed by atoms with Crippen LogP contribution in [0.25, 0.3) is 11.4 Å². The summed E-state index contributed by atoms with van der Waals surface area (Å²) in [7, 11) is 3.42. The van der Waals surface area contributed by atoms with Crippen molar-refractivity contribution in [3.05, 3.63) is 36.2 Å². The van der Waals surface area contributed by atoms with Crippen LogP contribution in [-0.2, 0) is 16.6 Å². The van der Waals surface area contributed by atoms with Crippen LogP contribution < -0.4 is 10.5 Å². The van der Waals surface area contributed by atoms with Gasteiger partial charge in [0.25, 0.3) is 0 Å². The van der Waals surface area contributed by atoms with E-state index in [1.807, 2.05) is 19.2 Å². The summed E-state index contributed by atoms with van der Waals surface area (Å²) in [6.07, 6.45) is 1.93. The van der Waals surface area contributed by atoms with Crippen LogP contribution in [0, 0.1) is 11.3 Å². The van der Waals surface area contributed by atoms with E-state index in [1.165, 1.54) is 4.90 Å². The summed E-state index contributed by atoms with van der Waals surface area (Å²) < 4.78 is 7.52. The van der Waals surface area contributed by atoms with Gasteiger partial charge in [-0.15, -0.1) is 0 Å². The lowest BCUT2D eigenvalue weighted by molar-refractivity contribution is -0.147. The molecule has 1 amide bonds. The number of nitrogen functional groups attached to an aromatic ring is 1. The Kier molecular flexibility index (Phi) is 4.85. The van der Waals surface area contributed by atoms with E-state index in [0.29, 0.717) is 17.3 Å². The number of amides is 1. The molecular weight excluding hydrogens is 350 g/mol. The first kappa shape index (κ1) is 18.4. The largest absolute Gasteiger partial charge is 0.491 e. The van der Waals surface area contributed by atoms with Crippen LogP contribution in [0.5, 0.6) is 5.75 Å². The van der Waals surface area contributed by atoms with Gasteiger partial charge < -0.3 is 25.0 Å². The predicted molar refractivity (Wildman–Crippen MR) is 97.5 cm³/mol. The first-order valence-corrected chi connectivity index (χ1v) is 8.38. The number of aromatic nitrogens is 2. The van der Waals surface area contributed by atoms with Crippen LogP contribution in [0.1, 0.15) is 12.1 Å². The number of aliphatic carboxylic acids is 1. The molecule has 2 atom stereocenters. The van der Waals surface area contributed by atoms with E-state index < -0.39 is 11.9 Å². The molecule has 9 heteroatoms. The SMILES string of the molecule is CN1C(=O)[C@@H](C(=O)O)C[C@H]1COc1ccc(-c2nc(C(=N)N)cn2C)cc1. The highest BCUT2D eigenvalue weighted by molar-refractivity contribution is 5.98. The van der Waals surface area contributed by atoms with Gasteiger partial charge in [-0.05, 0) is 30.7 Å². The van der Waals surface area contributed by atoms with Crippen molar-refractivity contribution in [3.8, 4) is 17.1 Å². The second kappa shape index (κ2) is 7.10. The van der Waals surface area contributed by atoms with Crippen LogP contribution in [0.2, 0.25) is 0 Å². The Balaban J connectivity index is 1.66. The molecular formula is C18H21N5O4. The zero-order valence-corrected chi connectivity index (χ0v) is 15.0. The normalized spacial score (nSPS) is 19.3. The minimum atomic E-state index is -1.10. The Labute approximate surface area is 155 Å². The number of hydrogen-bond acceptors (Lipinski definition) is 5. The van der Waals surface area contributed by atoms with Crippen molar-refractivity contribution in [2.75, 3.05) is 13.7 Å². The first-order valence-electron chi connectivity index (χ1n) is 8.38. The van der Waals surface area contributed by atoms with E-state index in [2.05, 4.69) is 4.98 Å². The Morgan fingerprint density at radius 2 is 2.04 bits per heavy atom. The third-order valence-electron chi connectivity index (χ3n) is 4.71. The molecule has 1 aromatic heterocycles. The summed E-state index contributed by atoms with van der Waals surface area (Å²) >= 11 is 0. The number of benzene rings is 1. The van der Waals surface area contributed by atoms with E-state index in [-0.39, 0.29) is 30.8 Å². The zero-order chi connectivity index (χ0) is 19.7. The van der Waals surface area contributed by atoms with Gasteiger partial charge in [-0.1, -0.05) is 0 Å². The van der Waals surface area contributed by atoms with Crippen molar-refractivity contribution < 1.29 is 19.4 Å². The summed E-state index contributed by atoms with van der Waals surface area (Å²) in [6.45, 7) is 0.224. The molecule has 0 saturated carbocycles. The molecule has 27 heavy (non-hydrogen) atoms. The van der Waals surface area contributed by atoms with E-state index in [0.717, 1.165) is 5.56 Å². The fourth-order valence-electron chi connectivity index (χ4n) is 3.10. The van der Waals surface area contributed by atoms with E-state index in [1.54, 1.807) is 29.9 Å². The molecule has 0 aliphatic carbocycles. The van der Waals surface area contributed by atoms with Crippen molar-refractivity contribution in [2.24, 2.45) is 18.7 Å². The number of aryl methyl sites for hydroxylation is 1. The number of nitrogens with two attached hydrogens (primary N) is 1. The number of ether oxygens (including phenoxy) is 1. The maximum absolute atomic E-state index is 11.9. The maximum Gasteiger partial charge on any atom is 0.316 e. The van der Waals surface area contributed by atoms with E-state index in [4.69, 9.17) is 21.0 Å². The Bertz CT molecular complexity index is 890. The predicted octanol–water partition coefficient (Wildman–Crippen LogP) is 0.681. The monoisotopic (exact) mass is 371 g/mol. The minimum Gasteiger partial charge on any atom is -0.491 e. The minimum absolute atomic E-state index is 0.0910. The van der Waals surface area contributed by atoms with Gasteiger partial charge in [-0.2, -0.15) is 0 Å². The van der Waals surface area contributed by atoms with Gasteiger partial charge in [0.2, 0.25) is 5.91 Å². The molecule has 1 aliphatic heterocycles. The number of nitrogens with one attached hydrogen (secondary N) is 1. The summed E-state index contributed by atoms with van der Waals surface area (Å²) in [5, 5.41) is 16.6. The van der Waals surface area contributed by atoms with Gasteiger partial charge in [-0.3, -0.25) is 15.0 Å². The second-order valence-corrected chi connectivity index (χ2v) is 6.54. The molecule has 0 unspecified atom stereocenters. The lowest BCUT2D eigenvalue weighted by Gasteiger charge is -2.19. The third kappa shape index (κ3) is 3.62. The fourth-order valence-corrected chi connectivity index (χ4v) is 3.10. The lowest BCUT2D eigenvalue weighted by atomic mass is 10.1. The molecule has 1 aliphatic rings. The summed E-state index contributed by atoms with van der Waals surface area (Å²) in [5.41, 5.74) is 6.73. The number of carboxylic acids is 1. The maximum atomic E-state index is 11.9. The Morgan fingerprint density at radius 1 is 1.37 bits per heavy atom. The summed E-state index contributed by atoms with van der Waals surface area (Å²) in [4.78, 5) is 28.8. The number of likely N-dealkylation sites (N-methyl/N-ethyl adjacent to an activating group) is 1. The molecule has 0 radical (unpaired) electrons. The molecule has 0 bridgehead atoms. The number of carbonyl (C=O) groups is 2. The highest BCUT2D eigenvalue weighted by atomic mass is 16.5. The fraction of sp³-hybridized carbons (Fsp3) is 0.333. The van der Waals surface area contributed by atoms with Gasteiger partial charge >= 0.3 is 5.97 Å². The molecule has 9 nitrogen and oxygen atoms in total. The lowest BCUT2D eigenvalue weighted by Crippen LogP contribution is -2.34. The van der Waals surface area contributed by atoms with Gasteiger partial charge in [0.15, 0.2) is 0 Å². The van der Waals surface area contributed by atoms with Gasteiger partial charge in [0, 0.05) is 25.9 Å². The molecule has 0 spiro atoms. The van der Waals surface area contributed by atoms with Crippen molar-refractivity contribution in [3.63, 3.8) is 0 Å². The van der Waals surface area contributed by atoms with Crippen molar-refractivity contribution in [1.29, 1.82) is 5.41 Å².